The van der Waals surface area contributed by atoms with Gasteiger partial charge < -0.3 is 8.98 Å². The Bertz CT molecular complexity index is 4110. The van der Waals surface area contributed by atoms with E-state index < -0.39 is 30.2 Å². The van der Waals surface area contributed by atoms with Crippen molar-refractivity contribution in [2.75, 3.05) is 0 Å². The van der Waals surface area contributed by atoms with Crippen LogP contribution in [0.1, 0.15) is 6.85 Å². The van der Waals surface area contributed by atoms with E-state index in [2.05, 4.69) is 126 Å². The Morgan fingerprint density at radius 2 is 0.952 bits per heavy atom. The van der Waals surface area contributed by atoms with Gasteiger partial charge >= 0.3 is 0 Å². The molecule has 5 nitrogen and oxygen atoms in total. The van der Waals surface area contributed by atoms with Crippen LogP contribution >= 0.6 is 0 Å². The highest BCUT2D eigenvalue weighted by Crippen LogP contribution is 2.44. The van der Waals surface area contributed by atoms with Crippen LogP contribution in [0.2, 0.25) is 0 Å². The second-order valence-electron chi connectivity index (χ2n) is 15.5. The molecule has 0 radical (unpaired) electrons. The van der Waals surface area contributed by atoms with Crippen LogP contribution in [0, 0.1) is 0 Å². The van der Waals surface area contributed by atoms with Crippen LogP contribution in [0.4, 0.5) is 0 Å². The van der Waals surface area contributed by atoms with Crippen LogP contribution in [0.3, 0.4) is 0 Å². The normalized spacial score (nSPS) is 13.0. The Hall–Kier alpha value is -8.41. The molecule has 288 valence electrons. The number of furan rings is 1. The highest BCUT2D eigenvalue weighted by Gasteiger charge is 2.22. The van der Waals surface area contributed by atoms with Crippen molar-refractivity contribution in [3.8, 4) is 51.0 Å². The molecule has 13 aromatic rings. The maximum Gasteiger partial charge on any atom is 0.167 e. The lowest BCUT2D eigenvalue weighted by Crippen LogP contribution is -2.01. The Balaban J connectivity index is 1.13. The first-order valence-electron chi connectivity index (χ1n) is 23.0. The molecule has 0 aliphatic heterocycles. The van der Waals surface area contributed by atoms with Crippen LogP contribution in [-0.4, -0.2) is 19.5 Å². The number of para-hydroxylation sites is 2. The third-order valence-electron chi connectivity index (χ3n) is 12.1. The van der Waals surface area contributed by atoms with Gasteiger partial charge in [-0.05, 0) is 79.8 Å². The monoisotopic (exact) mass is 795 g/mol. The van der Waals surface area contributed by atoms with Crippen molar-refractivity contribution in [3.63, 3.8) is 0 Å². The first-order valence-corrected chi connectivity index (χ1v) is 20.5. The molecule has 3 aromatic heterocycles. The predicted molar refractivity (Wildman–Crippen MR) is 256 cm³/mol. The summed E-state index contributed by atoms with van der Waals surface area (Å²) in [7, 11) is 0. The fraction of sp³-hybridized carbons (Fsp3) is 0. The van der Waals surface area contributed by atoms with Gasteiger partial charge in [-0.2, -0.15) is 0 Å². The quantitative estimate of drug-likeness (QED) is 0.163. The van der Waals surface area contributed by atoms with E-state index in [4.69, 9.17) is 26.2 Å². The SMILES string of the molecule is [2H]c1c([2H])c([2H])c(-c2nc(-c3ccccc3)nc(-c3cc(-n4c5ccccc5c5ccccc54)cc4c3oc3ccc(-c5cccc6c7ccccc7c7ccccc7c56)cc34)n2)c([2H])c1[2H]. The second-order valence-corrected chi connectivity index (χ2v) is 15.5. The summed E-state index contributed by atoms with van der Waals surface area (Å²) in [6.45, 7) is 0. The van der Waals surface area contributed by atoms with E-state index in [1.54, 1.807) is 0 Å². The maximum absolute atomic E-state index is 8.94. The largest absolute Gasteiger partial charge is 0.455 e. The van der Waals surface area contributed by atoms with E-state index in [-0.39, 0.29) is 23.0 Å². The van der Waals surface area contributed by atoms with E-state index in [9.17, 15) is 0 Å². The van der Waals surface area contributed by atoms with Gasteiger partial charge in [-0.25, -0.2) is 15.0 Å². The molecule has 0 aliphatic rings. The fourth-order valence-corrected chi connectivity index (χ4v) is 9.41. The number of nitrogens with zero attached hydrogens (tertiary/aromatic N) is 4. The van der Waals surface area contributed by atoms with Crippen LogP contribution in [0.25, 0.3) is 127 Å². The zero-order valence-electron chi connectivity index (χ0n) is 37.9. The van der Waals surface area contributed by atoms with Gasteiger partial charge in [0.2, 0.25) is 0 Å². The standard InChI is InChI=1S/C57H34N4O/c1-3-16-35(17-4-1)55-58-56(36-18-5-2-6-19-36)60-57(59-55)49-34-38(61-50-28-13-11-23-43(50)44-24-12-14-29-51(44)61)33-48-47-32-37(30-31-52(47)62-54(48)49)39-26-15-27-46-42-21-8-7-20-40(42)41-22-9-10-25-45(41)53(39)46/h1-34H/i1D,3D,4D,16D,17D. The summed E-state index contributed by atoms with van der Waals surface area (Å²) < 4.78 is 52.4. The average molecular weight is 796 g/mol. The number of fused-ring (bicyclic) bond motifs is 12. The van der Waals surface area contributed by atoms with Crippen LogP contribution in [0.15, 0.2) is 211 Å². The Morgan fingerprint density at radius 1 is 0.387 bits per heavy atom. The number of rotatable bonds is 5. The first kappa shape index (κ1) is 29.7. The summed E-state index contributed by atoms with van der Waals surface area (Å²) in [4.78, 5) is 14.9. The number of aromatic nitrogens is 4. The van der Waals surface area contributed by atoms with Gasteiger partial charge in [-0.15, -0.1) is 0 Å². The van der Waals surface area contributed by atoms with Gasteiger partial charge in [-0.1, -0.05) is 170 Å². The van der Waals surface area contributed by atoms with E-state index in [0.29, 0.717) is 22.3 Å². The molecule has 0 N–H and O–H groups in total. The molecule has 3 heterocycles. The summed E-state index contributed by atoms with van der Waals surface area (Å²) in [5.41, 5.74) is 7.27. The van der Waals surface area contributed by atoms with Gasteiger partial charge in [0, 0.05) is 38.4 Å². The van der Waals surface area contributed by atoms with Gasteiger partial charge in [0.25, 0.3) is 0 Å². The van der Waals surface area contributed by atoms with Gasteiger partial charge in [0.05, 0.1) is 23.5 Å². The molecule has 10 aromatic carbocycles. The molecule has 62 heavy (non-hydrogen) atoms. The Morgan fingerprint density at radius 3 is 1.65 bits per heavy atom. The van der Waals surface area contributed by atoms with Crippen LogP contribution in [0.5, 0.6) is 0 Å². The molecule has 0 aliphatic carbocycles. The number of hydrogen-bond donors (Lipinski definition) is 0. The molecular formula is C57H34N4O. The third-order valence-corrected chi connectivity index (χ3v) is 12.1. The van der Waals surface area contributed by atoms with Crippen molar-refractivity contribution in [3.05, 3.63) is 206 Å². The van der Waals surface area contributed by atoms with E-state index in [1.807, 2.05) is 54.6 Å². The van der Waals surface area contributed by atoms with Crippen molar-refractivity contribution >= 4 is 76.1 Å². The summed E-state index contributed by atoms with van der Waals surface area (Å²) >= 11 is 0. The molecule has 0 amide bonds. The molecule has 0 atom stereocenters. The molecule has 5 heteroatoms. The minimum Gasteiger partial charge on any atom is -0.455 e. The summed E-state index contributed by atoms with van der Waals surface area (Å²) in [5, 5.41) is 11.1. The lowest BCUT2D eigenvalue weighted by Gasteiger charge is -2.14. The second kappa shape index (κ2) is 13.6. The van der Waals surface area contributed by atoms with Crippen molar-refractivity contribution < 1.29 is 11.3 Å². The van der Waals surface area contributed by atoms with Crippen molar-refractivity contribution in [2.45, 2.75) is 0 Å². The number of benzene rings is 10. The predicted octanol–water partition coefficient (Wildman–Crippen LogP) is 15.0. The molecule has 0 spiro atoms. The van der Waals surface area contributed by atoms with Gasteiger partial charge in [0.1, 0.15) is 11.2 Å². The molecule has 0 fully saturated rings. The Labute approximate surface area is 362 Å². The first-order chi connectivity index (χ1) is 32.8. The third kappa shape index (κ3) is 5.25. The van der Waals surface area contributed by atoms with E-state index >= 15 is 0 Å². The van der Waals surface area contributed by atoms with E-state index in [1.165, 1.54) is 32.3 Å². The van der Waals surface area contributed by atoms with Crippen LogP contribution < -0.4 is 0 Å². The molecule has 0 saturated carbocycles. The minimum atomic E-state index is -0.497. The van der Waals surface area contributed by atoms with Crippen molar-refractivity contribution in [1.29, 1.82) is 0 Å². The molecule has 13 rings (SSSR count). The van der Waals surface area contributed by atoms with Crippen molar-refractivity contribution in [2.24, 2.45) is 0 Å². The van der Waals surface area contributed by atoms with Crippen LogP contribution in [-0.2, 0) is 0 Å². The lowest BCUT2D eigenvalue weighted by atomic mass is 9.89. The number of hydrogen-bond acceptors (Lipinski definition) is 4. The molecular weight excluding hydrogens is 757 g/mol. The molecule has 0 saturated heterocycles. The molecule has 0 bridgehead atoms. The zero-order chi connectivity index (χ0) is 45.1. The minimum absolute atomic E-state index is 0.0506. The highest BCUT2D eigenvalue weighted by molar-refractivity contribution is 6.28. The lowest BCUT2D eigenvalue weighted by molar-refractivity contribution is 0.669. The Kier molecular flexibility index (Phi) is 6.51. The average Bonchev–Trinajstić information content (AvgIpc) is 3.92. The smallest absolute Gasteiger partial charge is 0.167 e. The maximum atomic E-state index is 8.94. The summed E-state index contributed by atoms with van der Waals surface area (Å²) in [6, 6.07) is 58.1. The van der Waals surface area contributed by atoms with E-state index in [0.717, 1.165) is 49.4 Å². The molecule has 0 unspecified atom stereocenters. The fourth-order valence-electron chi connectivity index (χ4n) is 9.41. The highest BCUT2D eigenvalue weighted by atomic mass is 16.3. The zero-order valence-corrected chi connectivity index (χ0v) is 32.9. The topological polar surface area (TPSA) is 56.7 Å². The van der Waals surface area contributed by atoms with Gasteiger partial charge in [0.15, 0.2) is 17.5 Å². The van der Waals surface area contributed by atoms with Crippen molar-refractivity contribution in [1.82, 2.24) is 19.5 Å². The summed E-state index contributed by atoms with van der Waals surface area (Å²) in [5.74, 6) is 0.442. The summed E-state index contributed by atoms with van der Waals surface area (Å²) in [6.07, 6.45) is 0. The van der Waals surface area contributed by atoms with Gasteiger partial charge in [-0.3, -0.25) is 0 Å².